The van der Waals surface area contributed by atoms with Gasteiger partial charge >= 0.3 is 6.03 Å². The first kappa shape index (κ1) is 17.1. The molecule has 1 saturated carbocycles. The van der Waals surface area contributed by atoms with Crippen molar-refractivity contribution in [1.82, 2.24) is 0 Å². The van der Waals surface area contributed by atoms with E-state index in [-0.39, 0.29) is 17.6 Å². The Balaban J connectivity index is 1.36. The highest BCUT2D eigenvalue weighted by Crippen LogP contribution is 2.33. The molecule has 0 bridgehead atoms. The van der Waals surface area contributed by atoms with Gasteiger partial charge in [-0.15, -0.1) is 0 Å². The molecule has 1 unspecified atom stereocenters. The molecule has 3 aliphatic rings. The summed E-state index contributed by atoms with van der Waals surface area (Å²) in [5.74, 6) is 1.47. The average Bonchev–Trinajstić information content (AvgIpc) is 2.66. The fourth-order valence-electron chi connectivity index (χ4n) is 3.31. The molecule has 3 amide bonds. The summed E-state index contributed by atoms with van der Waals surface area (Å²) in [5, 5.41) is 3.57. The van der Waals surface area contributed by atoms with Crippen molar-refractivity contribution in [2.75, 3.05) is 24.3 Å². The smallest absolute Gasteiger partial charge is 0.367 e. The lowest BCUT2D eigenvalue weighted by Gasteiger charge is -2.26. The number of carbonyl (C=O) groups is 2. The Bertz CT molecular complexity index is 806. The Morgan fingerprint density at radius 3 is 2.92 bits per heavy atom. The molecule has 136 valence electrons. The first-order chi connectivity index (χ1) is 12.7. The van der Waals surface area contributed by atoms with E-state index in [1.165, 1.54) is 11.8 Å². The van der Waals surface area contributed by atoms with Crippen molar-refractivity contribution in [2.45, 2.75) is 25.7 Å². The minimum Gasteiger partial charge on any atom is -0.486 e. The molecule has 1 fully saturated rings. The van der Waals surface area contributed by atoms with Gasteiger partial charge in [-0.1, -0.05) is 18.2 Å². The number of aliphatic imine (C=N–C) groups is 2. The van der Waals surface area contributed by atoms with E-state index in [0.717, 1.165) is 36.4 Å². The third-order valence-corrected chi connectivity index (χ3v) is 5.58. The van der Waals surface area contributed by atoms with E-state index in [1.54, 1.807) is 18.2 Å². The summed E-state index contributed by atoms with van der Waals surface area (Å²) in [6.45, 7) is 1.03. The topological polar surface area (TPSA) is 89.4 Å². The average molecular weight is 373 g/mol. The van der Waals surface area contributed by atoms with Crippen LogP contribution in [0.3, 0.4) is 0 Å². The highest BCUT2D eigenvalue weighted by molar-refractivity contribution is 8.14. The summed E-state index contributed by atoms with van der Waals surface area (Å²) >= 11 is 1.32. The van der Waals surface area contributed by atoms with Gasteiger partial charge in [0.25, 0.3) is 0 Å². The van der Waals surface area contributed by atoms with Gasteiger partial charge in [0, 0.05) is 23.4 Å². The van der Waals surface area contributed by atoms with Crippen LogP contribution in [-0.4, -0.2) is 41.7 Å². The Kier molecular flexibility index (Phi) is 4.92. The predicted octanol–water partition coefficient (Wildman–Crippen LogP) is 3.29. The molecule has 2 heterocycles. The number of nitrogens with zero attached hydrogens (tertiary/aromatic N) is 2. The second-order valence-corrected chi connectivity index (χ2v) is 7.33. The van der Waals surface area contributed by atoms with Crippen LogP contribution >= 0.6 is 11.8 Å². The predicted molar refractivity (Wildman–Crippen MR) is 101 cm³/mol. The van der Waals surface area contributed by atoms with Crippen molar-refractivity contribution >= 4 is 40.1 Å². The van der Waals surface area contributed by atoms with Gasteiger partial charge in [0.2, 0.25) is 5.91 Å². The van der Waals surface area contributed by atoms with Gasteiger partial charge in [-0.3, -0.25) is 4.79 Å². The van der Waals surface area contributed by atoms with E-state index in [1.807, 2.05) is 0 Å². The summed E-state index contributed by atoms with van der Waals surface area (Å²) in [5.41, 5.74) is 1.58. The largest absolute Gasteiger partial charge is 0.486 e. The van der Waals surface area contributed by atoms with E-state index < -0.39 is 6.03 Å². The number of amides is 3. The molecule has 8 heteroatoms. The Morgan fingerprint density at radius 2 is 2.04 bits per heavy atom. The van der Waals surface area contributed by atoms with Gasteiger partial charge in [0.05, 0.1) is 10.8 Å². The van der Waals surface area contributed by atoms with Gasteiger partial charge in [0.1, 0.15) is 13.2 Å². The molecule has 1 atom stereocenters. The third kappa shape index (κ3) is 3.75. The monoisotopic (exact) mass is 373 g/mol. The molecule has 0 radical (unpaired) electrons. The number of hydrogen-bond donors (Lipinski definition) is 1. The summed E-state index contributed by atoms with van der Waals surface area (Å²) in [6, 6.07) is 4.87. The summed E-state index contributed by atoms with van der Waals surface area (Å²) < 4.78 is 11.0. The number of nitrogens with one attached hydrogen (secondary N) is 1. The second-order valence-electron chi connectivity index (χ2n) is 6.33. The molecule has 2 aliphatic heterocycles. The first-order valence-electron chi connectivity index (χ1n) is 8.71. The molecule has 1 N–H and O–H groups in total. The molecule has 0 saturated heterocycles. The molecular formula is C18H19N3O4S. The third-order valence-electron chi connectivity index (χ3n) is 4.50. The van der Waals surface area contributed by atoms with Crippen LogP contribution in [0.4, 0.5) is 10.5 Å². The summed E-state index contributed by atoms with van der Waals surface area (Å²) in [6.07, 6.45) is 3.95. The van der Waals surface area contributed by atoms with Crippen LogP contribution in [0.1, 0.15) is 25.7 Å². The standard InChI is InChI=1S/C18H19N3O4S/c22-16(19-11-5-6-14-15(9-11)25-8-7-24-14)10-26-17-12-3-1-2-4-13(12)20-18(23)21-17/h5-6,9,12H,1-4,7-8,10H2,(H,19,22). The molecule has 0 aromatic heterocycles. The zero-order valence-corrected chi connectivity index (χ0v) is 15.0. The van der Waals surface area contributed by atoms with Crippen LogP contribution in [0.2, 0.25) is 0 Å². The van der Waals surface area contributed by atoms with Crippen molar-refractivity contribution in [2.24, 2.45) is 15.9 Å². The van der Waals surface area contributed by atoms with E-state index in [2.05, 4.69) is 15.3 Å². The van der Waals surface area contributed by atoms with E-state index in [9.17, 15) is 9.59 Å². The Morgan fingerprint density at radius 1 is 1.19 bits per heavy atom. The zero-order chi connectivity index (χ0) is 17.9. The van der Waals surface area contributed by atoms with E-state index in [4.69, 9.17) is 9.47 Å². The van der Waals surface area contributed by atoms with Crippen LogP contribution in [0.15, 0.2) is 28.2 Å². The number of hydrogen-bond acceptors (Lipinski definition) is 5. The SMILES string of the molecule is O=C1N=C2CCCCC2C(SCC(=O)Nc2ccc3c(c2)OCCO3)=N1. The Labute approximate surface area is 155 Å². The molecule has 1 aliphatic carbocycles. The van der Waals surface area contributed by atoms with Gasteiger partial charge in [0.15, 0.2) is 11.5 Å². The zero-order valence-electron chi connectivity index (χ0n) is 14.2. The summed E-state index contributed by atoms with van der Waals surface area (Å²) in [4.78, 5) is 32.1. The van der Waals surface area contributed by atoms with Crippen LogP contribution in [0.5, 0.6) is 11.5 Å². The van der Waals surface area contributed by atoms with Crippen molar-refractivity contribution in [3.05, 3.63) is 18.2 Å². The van der Waals surface area contributed by atoms with Crippen molar-refractivity contribution in [3.8, 4) is 11.5 Å². The van der Waals surface area contributed by atoms with Crippen LogP contribution < -0.4 is 14.8 Å². The van der Waals surface area contributed by atoms with Crippen molar-refractivity contribution in [1.29, 1.82) is 0 Å². The lowest BCUT2D eigenvalue weighted by Crippen LogP contribution is -2.31. The minimum absolute atomic E-state index is 0.105. The number of ether oxygens (including phenoxy) is 2. The first-order valence-corrected chi connectivity index (χ1v) is 9.70. The summed E-state index contributed by atoms with van der Waals surface area (Å²) in [7, 11) is 0. The molecule has 4 rings (SSSR count). The quantitative estimate of drug-likeness (QED) is 0.878. The number of urea groups is 1. The van der Waals surface area contributed by atoms with E-state index in [0.29, 0.717) is 30.4 Å². The highest BCUT2D eigenvalue weighted by Gasteiger charge is 2.30. The van der Waals surface area contributed by atoms with Crippen LogP contribution in [0, 0.1) is 5.92 Å². The van der Waals surface area contributed by atoms with Gasteiger partial charge < -0.3 is 14.8 Å². The maximum absolute atomic E-state index is 12.3. The maximum atomic E-state index is 12.3. The number of anilines is 1. The fourth-order valence-corrected chi connectivity index (χ4v) is 4.25. The number of thioether (sulfide) groups is 1. The molecule has 0 spiro atoms. The normalized spacial score (nSPS) is 21.4. The maximum Gasteiger partial charge on any atom is 0.367 e. The number of rotatable bonds is 3. The van der Waals surface area contributed by atoms with Crippen LogP contribution in [0.25, 0.3) is 0 Å². The lowest BCUT2D eigenvalue weighted by molar-refractivity contribution is -0.113. The molecular weight excluding hydrogens is 354 g/mol. The van der Waals surface area contributed by atoms with Gasteiger partial charge in [-0.25, -0.2) is 9.79 Å². The Hall–Kier alpha value is -2.35. The molecule has 1 aromatic carbocycles. The second kappa shape index (κ2) is 7.49. The van der Waals surface area contributed by atoms with Crippen molar-refractivity contribution in [3.63, 3.8) is 0 Å². The molecule has 1 aromatic rings. The fraction of sp³-hybridized carbons (Fsp3) is 0.444. The van der Waals surface area contributed by atoms with E-state index >= 15 is 0 Å². The number of carbonyl (C=O) groups excluding carboxylic acids is 2. The van der Waals surface area contributed by atoms with Crippen LogP contribution in [-0.2, 0) is 4.79 Å². The molecule has 7 nitrogen and oxygen atoms in total. The van der Waals surface area contributed by atoms with Gasteiger partial charge in [-0.2, -0.15) is 4.99 Å². The van der Waals surface area contributed by atoms with Crippen molar-refractivity contribution < 1.29 is 19.1 Å². The number of fused-ring (bicyclic) bond motifs is 2. The molecule has 26 heavy (non-hydrogen) atoms. The minimum atomic E-state index is -0.451. The van der Waals surface area contributed by atoms with Gasteiger partial charge in [-0.05, 0) is 31.4 Å². The highest BCUT2D eigenvalue weighted by atomic mass is 32.2. The lowest BCUT2D eigenvalue weighted by atomic mass is 9.87. The number of benzene rings is 1.